The molecule has 3 aromatic carbocycles. The number of rotatable bonds is 6. The first-order valence-electron chi connectivity index (χ1n) is 8.58. The second-order valence-corrected chi connectivity index (χ2v) is 9.10. The summed E-state index contributed by atoms with van der Waals surface area (Å²) in [5.74, 6) is 0.813. The van der Waals surface area contributed by atoms with Crippen molar-refractivity contribution in [1.29, 1.82) is 0 Å². The van der Waals surface area contributed by atoms with Gasteiger partial charge in [-0.3, -0.25) is 0 Å². The maximum absolute atomic E-state index is 6.01. The monoisotopic (exact) mass is 551 g/mol. The molecule has 3 rings (SSSR count). The average molecular weight is 554 g/mol. The fraction of sp³-hybridized carbons (Fsp3) is 0.182. The molecule has 0 fully saturated rings. The zero-order valence-corrected chi connectivity index (χ0v) is 19.9. The van der Waals surface area contributed by atoms with Crippen LogP contribution in [0.1, 0.15) is 22.3 Å². The van der Waals surface area contributed by atoms with Crippen LogP contribution in [0.2, 0.25) is 0 Å². The minimum Gasteiger partial charge on any atom is -0.487 e. The van der Waals surface area contributed by atoms with Crippen LogP contribution in [0.5, 0.6) is 5.75 Å². The van der Waals surface area contributed by atoms with Gasteiger partial charge in [0, 0.05) is 16.7 Å². The Morgan fingerprint density at radius 2 is 1.48 bits per heavy atom. The van der Waals surface area contributed by atoms with E-state index in [0.717, 1.165) is 37.0 Å². The van der Waals surface area contributed by atoms with Gasteiger partial charge in [0.25, 0.3) is 0 Å². The molecular formula is C22H20Br3NO. The summed E-state index contributed by atoms with van der Waals surface area (Å²) in [6.07, 6.45) is 0. The molecule has 5 heteroatoms. The van der Waals surface area contributed by atoms with Gasteiger partial charge in [0.15, 0.2) is 0 Å². The lowest BCUT2D eigenvalue weighted by Gasteiger charge is -2.14. The smallest absolute Gasteiger partial charge is 0.148 e. The Morgan fingerprint density at radius 1 is 0.815 bits per heavy atom. The van der Waals surface area contributed by atoms with Crippen LogP contribution in [-0.2, 0) is 13.2 Å². The van der Waals surface area contributed by atoms with E-state index in [-0.39, 0.29) is 0 Å². The first-order chi connectivity index (χ1) is 12.9. The molecule has 140 valence electrons. The lowest BCUT2D eigenvalue weighted by atomic mass is 10.1. The van der Waals surface area contributed by atoms with Crippen molar-refractivity contribution in [3.8, 4) is 5.75 Å². The molecule has 1 N–H and O–H groups in total. The Bertz CT molecular complexity index is 916. The summed E-state index contributed by atoms with van der Waals surface area (Å²) < 4.78 is 8.95. The van der Waals surface area contributed by atoms with E-state index in [9.17, 15) is 0 Å². The molecule has 0 aliphatic rings. The molecule has 0 saturated heterocycles. The van der Waals surface area contributed by atoms with Gasteiger partial charge < -0.3 is 10.1 Å². The Kier molecular flexibility index (Phi) is 7.01. The summed E-state index contributed by atoms with van der Waals surface area (Å²) >= 11 is 10.7. The third-order valence-corrected chi connectivity index (χ3v) is 5.93. The van der Waals surface area contributed by atoms with E-state index >= 15 is 0 Å². The highest BCUT2D eigenvalue weighted by Crippen LogP contribution is 2.35. The van der Waals surface area contributed by atoms with Crippen LogP contribution in [0.3, 0.4) is 0 Å². The number of hydrogen-bond donors (Lipinski definition) is 1. The summed E-state index contributed by atoms with van der Waals surface area (Å²) in [5, 5.41) is 3.51. The van der Waals surface area contributed by atoms with Gasteiger partial charge >= 0.3 is 0 Å². The molecule has 0 bridgehead atoms. The lowest BCUT2D eigenvalue weighted by Crippen LogP contribution is -2.03. The standard InChI is InChI=1S/C22H20Br3NO/c1-14-3-8-21(15(2)9-14)26-12-17-10-19(24)22(20(25)11-17)27-13-16-4-6-18(23)7-5-16/h3-11,26H,12-13H2,1-2H3. The summed E-state index contributed by atoms with van der Waals surface area (Å²) in [7, 11) is 0. The van der Waals surface area contributed by atoms with E-state index in [0.29, 0.717) is 6.61 Å². The molecule has 0 saturated carbocycles. The van der Waals surface area contributed by atoms with E-state index in [2.05, 4.69) is 97.3 Å². The lowest BCUT2D eigenvalue weighted by molar-refractivity contribution is 0.302. The van der Waals surface area contributed by atoms with Crippen molar-refractivity contribution in [2.45, 2.75) is 27.0 Å². The van der Waals surface area contributed by atoms with E-state index in [4.69, 9.17) is 4.74 Å². The van der Waals surface area contributed by atoms with Gasteiger partial charge in [0.2, 0.25) is 0 Å². The third kappa shape index (κ3) is 5.59. The van der Waals surface area contributed by atoms with Gasteiger partial charge in [-0.2, -0.15) is 0 Å². The molecule has 0 radical (unpaired) electrons. The molecule has 0 aliphatic carbocycles. The zero-order valence-electron chi connectivity index (χ0n) is 15.2. The molecule has 0 aliphatic heterocycles. The fourth-order valence-electron chi connectivity index (χ4n) is 2.80. The molecule has 27 heavy (non-hydrogen) atoms. The van der Waals surface area contributed by atoms with Crippen molar-refractivity contribution in [2.24, 2.45) is 0 Å². The van der Waals surface area contributed by atoms with Crippen LogP contribution in [0.15, 0.2) is 68.0 Å². The van der Waals surface area contributed by atoms with Gasteiger partial charge in [-0.05, 0) is 92.7 Å². The van der Waals surface area contributed by atoms with Crippen molar-refractivity contribution < 1.29 is 4.74 Å². The minimum atomic E-state index is 0.518. The van der Waals surface area contributed by atoms with Crippen LogP contribution in [0, 0.1) is 13.8 Å². The van der Waals surface area contributed by atoms with Crippen LogP contribution < -0.4 is 10.1 Å². The van der Waals surface area contributed by atoms with Gasteiger partial charge in [0.1, 0.15) is 12.4 Å². The van der Waals surface area contributed by atoms with E-state index in [1.807, 2.05) is 24.3 Å². The molecular weight excluding hydrogens is 534 g/mol. The quantitative estimate of drug-likeness (QED) is 0.336. The molecule has 0 aromatic heterocycles. The Morgan fingerprint density at radius 3 is 2.11 bits per heavy atom. The van der Waals surface area contributed by atoms with E-state index in [1.54, 1.807) is 0 Å². The number of nitrogens with one attached hydrogen (secondary N) is 1. The summed E-state index contributed by atoms with van der Waals surface area (Å²) in [5.41, 5.74) is 5.98. The predicted octanol–water partition coefficient (Wildman–Crippen LogP) is 7.78. The van der Waals surface area contributed by atoms with Crippen LogP contribution in [0.4, 0.5) is 5.69 Å². The van der Waals surface area contributed by atoms with Crippen molar-refractivity contribution >= 4 is 53.5 Å². The van der Waals surface area contributed by atoms with Crippen molar-refractivity contribution in [3.05, 3.63) is 90.3 Å². The van der Waals surface area contributed by atoms with E-state index in [1.165, 1.54) is 16.7 Å². The van der Waals surface area contributed by atoms with Crippen LogP contribution >= 0.6 is 47.8 Å². The maximum Gasteiger partial charge on any atom is 0.148 e. The SMILES string of the molecule is Cc1ccc(NCc2cc(Br)c(OCc3ccc(Br)cc3)c(Br)c2)c(C)c1. The van der Waals surface area contributed by atoms with E-state index < -0.39 is 0 Å². The molecule has 3 aromatic rings. The third-order valence-electron chi connectivity index (χ3n) is 4.22. The Balaban J connectivity index is 1.67. The highest BCUT2D eigenvalue weighted by molar-refractivity contribution is 9.11. The highest BCUT2D eigenvalue weighted by Gasteiger charge is 2.10. The predicted molar refractivity (Wildman–Crippen MR) is 124 cm³/mol. The number of benzene rings is 3. The minimum absolute atomic E-state index is 0.518. The van der Waals surface area contributed by atoms with Crippen LogP contribution in [0.25, 0.3) is 0 Å². The first-order valence-corrected chi connectivity index (χ1v) is 11.0. The number of aryl methyl sites for hydroxylation is 2. The number of anilines is 1. The largest absolute Gasteiger partial charge is 0.487 e. The number of ether oxygens (including phenoxy) is 1. The number of hydrogen-bond acceptors (Lipinski definition) is 2. The van der Waals surface area contributed by atoms with Crippen LogP contribution in [-0.4, -0.2) is 0 Å². The van der Waals surface area contributed by atoms with Crippen molar-refractivity contribution in [2.75, 3.05) is 5.32 Å². The van der Waals surface area contributed by atoms with Gasteiger partial charge in [-0.15, -0.1) is 0 Å². The summed E-state index contributed by atoms with van der Waals surface area (Å²) in [6.45, 7) is 5.50. The molecule has 0 heterocycles. The number of halogens is 3. The van der Waals surface area contributed by atoms with Crippen molar-refractivity contribution in [1.82, 2.24) is 0 Å². The topological polar surface area (TPSA) is 21.3 Å². The first kappa shape index (κ1) is 20.4. The average Bonchev–Trinajstić information content (AvgIpc) is 2.62. The highest BCUT2D eigenvalue weighted by atomic mass is 79.9. The Labute approximate surface area is 185 Å². The molecule has 0 amide bonds. The summed E-state index contributed by atoms with van der Waals surface area (Å²) in [4.78, 5) is 0. The maximum atomic E-state index is 6.01. The van der Waals surface area contributed by atoms with Crippen molar-refractivity contribution in [3.63, 3.8) is 0 Å². The normalized spacial score (nSPS) is 10.7. The molecule has 0 atom stereocenters. The second kappa shape index (κ2) is 9.26. The second-order valence-electron chi connectivity index (χ2n) is 6.48. The Hall–Kier alpha value is -1.30. The molecule has 2 nitrogen and oxygen atoms in total. The molecule has 0 spiro atoms. The summed E-state index contributed by atoms with van der Waals surface area (Å²) in [6, 6.07) is 18.8. The van der Waals surface area contributed by atoms with Gasteiger partial charge in [-0.1, -0.05) is 45.8 Å². The molecule has 0 unspecified atom stereocenters. The zero-order chi connectivity index (χ0) is 19.4. The van der Waals surface area contributed by atoms with Gasteiger partial charge in [-0.25, -0.2) is 0 Å². The fourth-order valence-corrected chi connectivity index (χ4v) is 4.57. The van der Waals surface area contributed by atoms with Gasteiger partial charge in [0.05, 0.1) is 8.95 Å².